The van der Waals surface area contributed by atoms with Gasteiger partial charge in [0.25, 0.3) is 0 Å². The first-order valence-electron chi connectivity index (χ1n) is 10.1. The molecule has 4 rings (SSSR count). The molecule has 3 atom stereocenters. The van der Waals surface area contributed by atoms with Crippen molar-refractivity contribution in [1.29, 1.82) is 0 Å². The summed E-state index contributed by atoms with van der Waals surface area (Å²) in [6.07, 6.45) is -0.386. The van der Waals surface area contributed by atoms with Crippen LogP contribution in [-0.2, 0) is 20.7 Å². The second-order valence-corrected chi connectivity index (χ2v) is 8.50. The van der Waals surface area contributed by atoms with Crippen molar-refractivity contribution in [3.63, 3.8) is 0 Å². The minimum Gasteiger partial charge on any atom is -0.480 e. The number of ether oxygens (including phenoxy) is 1. The molecule has 5 nitrogen and oxygen atoms in total. The Labute approximate surface area is 196 Å². The van der Waals surface area contributed by atoms with Gasteiger partial charge in [-0.15, -0.1) is 0 Å². The molecule has 1 heterocycles. The van der Waals surface area contributed by atoms with Gasteiger partial charge in [0.15, 0.2) is 0 Å². The van der Waals surface area contributed by atoms with Gasteiger partial charge in [-0.1, -0.05) is 77.8 Å². The number of benzene rings is 3. The molecular weight excluding hydrogens is 449 g/mol. The van der Waals surface area contributed by atoms with Crippen LogP contribution in [0.25, 0.3) is 0 Å². The molecule has 0 saturated carbocycles. The van der Waals surface area contributed by atoms with Crippen LogP contribution in [0.4, 0.5) is 0 Å². The van der Waals surface area contributed by atoms with Crippen LogP contribution in [0.1, 0.15) is 28.8 Å². The molecular formula is C25H21Cl2NO4. The molecule has 1 amide bonds. The molecule has 1 aliphatic rings. The maximum Gasteiger partial charge on any atom is 0.326 e. The maximum atomic E-state index is 13.1. The van der Waals surface area contributed by atoms with Gasteiger partial charge in [-0.2, -0.15) is 0 Å². The average molecular weight is 470 g/mol. The molecule has 3 aromatic rings. The number of nitrogens with zero attached hydrogens (tertiary/aromatic N) is 1. The van der Waals surface area contributed by atoms with E-state index in [1.165, 1.54) is 4.90 Å². The molecule has 0 radical (unpaired) electrons. The lowest BCUT2D eigenvalue weighted by Gasteiger charge is -2.44. The predicted octanol–water partition coefficient (Wildman–Crippen LogP) is 5.33. The normalized spacial score (nSPS) is 19.6. The fourth-order valence-corrected chi connectivity index (χ4v) is 4.32. The predicted molar refractivity (Wildman–Crippen MR) is 123 cm³/mol. The van der Waals surface area contributed by atoms with Gasteiger partial charge in [0.05, 0.1) is 6.04 Å². The second-order valence-electron chi connectivity index (χ2n) is 7.62. The first kappa shape index (κ1) is 22.3. The lowest BCUT2D eigenvalue weighted by molar-refractivity contribution is -0.171. The third-order valence-electron chi connectivity index (χ3n) is 5.56. The van der Waals surface area contributed by atoms with E-state index in [1.54, 1.807) is 36.4 Å². The first-order chi connectivity index (χ1) is 15.4. The number of hydrogen-bond acceptors (Lipinski definition) is 3. The third-order valence-corrected chi connectivity index (χ3v) is 6.07. The van der Waals surface area contributed by atoms with E-state index in [4.69, 9.17) is 27.9 Å². The number of morpholine rings is 1. The van der Waals surface area contributed by atoms with Crippen LogP contribution in [0.3, 0.4) is 0 Å². The second kappa shape index (κ2) is 9.74. The van der Waals surface area contributed by atoms with E-state index in [-0.39, 0.29) is 18.9 Å². The topological polar surface area (TPSA) is 66.8 Å². The molecule has 0 aliphatic carbocycles. The number of hydrogen-bond donors (Lipinski definition) is 1. The summed E-state index contributed by atoms with van der Waals surface area (Å²) in [7, 11) is 0. The number of amides is 1. The van der Waals surface area contributed by atoms with E-state index in [0.29, 0.717) is 10.0 Å². The van der Waals surface area contributed by atoms with Gasteiger partial charge in [0.1, 0.15) is 18.8 Å². The first-order valence-corrected chi connectivity index (χ1v) is 10.9. The van der Waals surface area contributed by atoms with Crippen LogP contribution in [0.15, 0.2) is 78.9 Å². The number of carboxylic acid groups (broad SMARTS) is 1. The summed E-state index contributed by atoms with van der Waals surface area (Å²) < 4.78 is 5.96. The van der Waals surface area contributed by atoms with Crippen LogP contribution < -0.4 is 0 Å². The van der Waals surface area contributed by atoms with Crippen LogP contribution in [0, 0.1) is 0 Å². The fraction of sp³-hybridized carbons (Fsp3) is 0.200. The molecule has 164 valence electrons. The Morgan fingerprint density at radius 2 is 1.50 bits per heavy atom. The SMILES string of the molecule is O=C(O)[C@@H](Cc1ccccc1)N1C(=O)CO[C@H](c2ccc(Cl)cc2)[C@@H]1c1ccc(Cl)cc1. The smallest absolute Gasteiger partial charge is 0.326 e. The van der Waals surface area contributed by atoms with Crippen molar-refractivity contribution in [1.82, 2.24) is 4.90 Å². The molecule has 0 unspecified atom stereocenters. The Morgan fingerprint density at radius 1 is 0.938 bits per heavy atom. The van der Waals surface area contributed by atoms with Gasteiger partial charge in [0.2, 0.25) is 5.91 Å². The summed E-state index contributed by atoms with van der Waals surface area (Å²) in [5, 5.41) is 11.3. The zero-order valence-electron chi connectivity index (χ0n) is 17.0. The number of aliphatic carboxylic acids is 1. The molecule has 0 spiro atoms. The largest absolute Gasteiger partial charge is 0.480 e. The summed E-state index contributed by atoms with van der Waals surface area (Å²) in [5.41, 5.74) is 2.37. The lowest BCUT2D eigenvalue weighted by Crippen LogP contribution is -2.54. The van der Waals surface area contributed by atoms with Gasteiger partial charge >= 0.3 is 5.97 Å². The lowest BCUT2D eigenvalue weighted by atomic mass is 9.90. The number of halogens is 2. The van der Waals surface area contributed by atoms with Crippen molar-refractivity contribution < 1.29 is 19.4 Å². The minimum absolute atomic E-state index is 0.180. The van der Waals surface area contributed by atoms with E-state index in [0.717, 1.165) is 16.7 Å². The van der Waals surface area contributed by atoms with E-state index in [1.807, 2.05) is 42.5 Å². The van der Waals surface area contributed by atoms with E-state index in [9.17, 15) is 14.7 Å². The van der Waals surface area contributed by atoms with Crippen molar-refractivity contribution in [2.75, 3.05) is 6.61 Å². The van der Waals surface area contributed by atoms with Crippen molar-refractivity contribution in [3.05, 3.63) is 106 Å². The highest BCUT2D eigenvalue weighted by Crippen LogP contribution is 2.42. The summed E-state index contributed by atoms with van der Waals surface area (Å²) >= 11 is 12.1. The van der Waals surface area contributed by atoms with Gasteiger partial charge in [-0.05, 0) is 41.0 Å². The standard InChI is InChI=1S/C25H21Cl2NO4/c26-19-10-6-17(7-11-19)23-24(18-8-12-20(27)13-9-18)32-15-22(29)28(23)21(25(30)31)14-16-4-2-1-3-5-16/h1-13,21,23-24H,14-15H2,(H,30,31)/t21-,23+,24-/m1/s1. The van der Waals surface area contributed by atoms with Crippen LogP contribution >= 0.6 is 23.2 Å². The highest BCUT2D eigenvalue weighted by molar-refractivity contribution is 6.30. The van der Waals surface area contributed by atoms with Crippen molar-refractivity contribution >= 4 is 35.1 Å². The summed E-state index contributed by atoms with van der Waals surface area (Å²) in [6.45, 7) is -0.212. The van der Waals surface area contributed by atoms with Gasteiger partial charge in [-0.25, -0.2) is 4.79 Å². The van der Waals surface area contributed by atoms with Gasteiger partial charge in [0, 0.05) is 16.5 Å². The quantitative estimate of drug-likeness (QED) is 0.529. The average Bonchev–Trinajstić information content (AvgIpc) is 2.79. The zero-order chi connectivity index (χ0) is 22.7. The van der Waals surface area contributed by atoms with Gasteiger partial charge < -0.3 is 14.7 Å². The summed E-state index contributed by atoms with van der Waals surface area (Å²) in [5.74, 6) is -1.45. The molecule has 7 heteroatoms. The van der Waals surface area contributed by atoms with Gasteiger partial charge in [-0.3, -0.25) is 4.79 Å². The summed E-state index contributed by atoms with van der Waals surface area (Å²) in [4.78, 5) is 26.9. The van der Waals surface area contributed by atoms with Crippen molar-refractivity contribution in [3.8, 4) is 0 Å². The number of carboxylic acids is 1. The molecule has 0 bridgehead atoms. The molecule has 1 N–H and O–H groups in total. The monoisotopic (exact) mass is 469 g/mol. The Morgan fingerprint density at radius 3 is 2.06 bits per heavy atom. The number of rotatable bonds is 6. The Hall–Kier alpha value is -2.86. The van der Waals surface area contributed by atoms with Crippen LogP contribution in [0.2, 0.25) is 10.0 Å². The Bertz CT molecular complexity index is 1090. The number of carbonyl (C=O) groups excluding carboxylic acids is 1. The summed E-state index contributed by atoms with van der Waals surface area (Å²) in [6, 6.07) is 21.8. The van der Waals surface area contributed by atoms with Crippen molar-refractivity contribution in [2.24, 2.45) is 0 Å². The molecule has 1 fully saturated rings. The van der Waals surface area contributed by atoms with Crippen molar-refractivity contribution in [2.45, 2.75) is 24.6 Å². The molecule has 0 aromatic heterocycles. The zero-order valence-corrected chi connectivity index (χ0v) is 18.5. The van der Waals surface area contributed by atoms with Crippen LogP contribution in [-0.4, -0.2) is 34.5 Å². The highest BCUT2D eigenvalue weighted by atomic mass is 35.5. The van der Waals surface area contributed by atoms with E-state index < -0.39 is 24.2 Å². The fourth-order valence-electron chi connectivity index (χ4n) is 4.06. The number of carbonyl (C=O) groups is 2. The molecule has 1 saturated heterocycles. The Kier molecular flexibility index (Phi) is 6.80. The van der Waals surface area contributed by atoms with E-state index >= 15 is 0 Å². The van der Waals surface area contributed by atoms with E-state index in [2.05, 4.69) is 0 Å². The highest BCUT2D eigenvalue weighted by Gasteiger charge is 2.44. The molecule has 3 aromatic carbocycles. The third kappa shape index (κ3) is 4.80. The Balaban J connectivity index is 1.80. The van der Waals surface area contributed by atoms with Crippen LogP contribution in [0.5, 0.6) is 0 Å². The minimum atomic E-state index is -1.07. The maximum absolute atomic E-state index is 13.1. The molecule has 1 aliphatic heterocycles. The molecule has 32 heavy (non-hydrogen) atoms.